The minimum Gasteiger partial charge on any atom is -0.240 e. The van der Waals surface area contributed by atoms with E-state index in [9.17, 15) is 13.2 Å². The van der Waals surface area contributed by atoms with Gasteiger partial charge in [-0.1, -0.05) is 11.6 Å². The Morgan fingerprint density at radius 1 is 1.17 bits per heavy atom. The molecule has 0 N–H and O–H groups in total. The van der Waals surface area contributed by atoms with Crippen molar-refractivity contribution in [1.29, 1.82) is 0 Å². The van der Waals surface area contributed by atoms with Crippen LogP contribution in [-0.2, 0) is 6.18 Å². The average molecular weight is 294 g/mol. The largest absolute Gasteiger partial charge is 0.443 e. The first kappa shape index (κ1) is 13.2. The Bertz CT molecular complexity index is 595. The van der Waals surface area contributed by atoms with Gasteiger partial charge in [-0.05, 0) is 25.0 Å². The molecule has 0 aliphatic rings. The van der Waals surface area contributed by atoms with Crippen molar-refractivity contribution in [3.05, 3.63) is 27.5 Å². The number of rotatable bonds is 1. The molecule has 0 unspecified atom stereocenters. The van der Waals surface area contributed by atoms with E-state index in [-0.39, 0.29) is 5.15 Å². The Morgan fingerprint density at radius 3 is 2.39 bits per heavy atom. The number of alkyl halides is 3. The average Bonchev–Trinajstić information content (AvgIpc) is 2.75. The molecule has 0 saturated carbocycles. The Labute approximate surface area is 110 Å². The summed E-state index contributed by atoms with van der Waals surface area (Å²) in [5, 5.41) is 6.88. The van der Waals surface area contributed by atoms with Crippen molar-refractivity contribution < 1.29 is 13.2 Å². The van der Waals surface area contributed by atoms with E-state index >= 15 is 0 Å². The van der Waals surface area contributed by atoms with Gasteiger partial charge in [-0.2, -0.15) is 13.2 Å². The molecule has 0 aromatic carbocycles. The number of halogens is 4. The van der Waals surface area contributed by atoms with E-state index in [0.29, 0.717) is 33.0 Å². The van der Waals surface area contributed by atoms with Gasteiger partial charge in [0.05, 0.1) is 4.88 Å². The quantitative estimate of drug-likeness (QED) is 0.800. The maximum absolute atomic E-state index is 12.5. The number of thiazole rings is 1. The molecule has 0 aliphatic heterocycles. The summed E-state index contributed by atoms with van der Waals surface area (Å²) in [4.78, 5) is 3.68. The molecule has 0 atom stereocenters. The second-order valence-corrected chi connectivity index (χ2v) is 5.01. The van der Waals surface area contributed by atoms with E-state index in [1.54, 1.807) is 13.8 Å². The first-order valence-electron chi connectivity index (χ1n) is 4.83. The predicted molar refractivity (Wildman–Crippen MR) is 62.6 cm³/mol. The van der Waals surface area contributed by atoms with Gasteiger partial charge >= 0.3 is 6.18 Å². The SMILES string of the molecule is Cc1c(Cl)nnc(-c2cnc(C(F)(F)F)s2)c1C. The van der Waals surface area contributed by atoms with Crippen LogP contribution >= 0.6 is 22.9 Å². The third kappa shape index (κ3) is 2.32. The molecule has 0 spiro atoms. The highest BCUT2D eigenvalue weighted by molar-refractivity contribution is 7.15. The molecule has 18 heavy (non-hydrogen) atoms. The van der Waals surface area contributed by atoms with E-state index < -0.39 is 11.2 Å². The lowest BCUT2D eigenvalue weighted by molar-refractivity contribution is -0.137. The first-order valence-corrected chi connectivity index (χ1v) is 6.03. The number of hydrogen-bond donors (Lipinski definition) is 0. The molecule has 0 fully saturated rings. The van der Waals surface area contributed by atoms with Gasteiger partial charge in [0.2, 0.25) is 0 Å². The minimum absolute atomic E-state index is 0.247. The summed E-state index contributed by atoms with van der Waals surface area (Å²) in [6, 6.07) is 0. The predicted octanol–water partition coefficient (Wildman–Crippen LogP) is 3.89. The third-order valence-corrected chi connectivity index (χ3v) is 3.85. The lowest BCUT2D eigenvalue weighted by Gasteiger charge is -2.05. The molecule has 2 rings (SSSR count). The van der Waals surface area contributed by atoms with E-state index in [4.69, 9.17) is 11.6 Å². The number of aromatic nitrogens is 3. The van der Waals surface area contributed by atoms with Crippen molar-refractivity contribution in [2.45, 2.75) is 20.0 Å². The monoisotopic (exact) mass is 293 g/mol. The summed E-state index contributed by atoms with van der Waals surface area (Å²) < 4.78 is 37.4. The maximum Gasteiger partial charge on any atom is 0.443 e. The zero-order valence-corrected chi connectivity index (χ0v) is 10.9. The van der Waals surface area contributed by atoms with E-state index in [0.717, 1.165) is 6.20 Å². The van der Waals surface area contributed by atoms with Crippen LogP contribution in [0.5, 0.6) is 0 Å². The number of nitrogens with zero attached hydrogens (tertiary/aromatic N) is 3. The molecule has 0 amide bonds. The number of hydrogen-bond acceptors (Lipinski definition) is 4. The van der Waals surface area contributed by atoms with Gasteiger partial charge in [0.15, 0.2) is 10.2 Å². The van der Waals surface area contributed by atoms with Crippen LogP contribution < -0.4 is 0 Å². The third-order valence-electron chi connectivity index (χ3n) is 2.45. The van der Waals surface area contributed by atoms with Crippen molar-refractivity contribution in [3.8, 4) is 10.6 Å². The fourth-order valence-corrected chi connectivity index (χ4v) is 2.33. The van der Waals surface area contributed by atoms with Crippen LogP contribution in [0.1, 0.15) is 16.1 Å². The lowest BCUT2D eigenvalue weighted by atomic mass is 10.1. The Balaban J connectivity index is 2.50. The molecule has 96 valence electrons. The molecule has 3 nitrogen and oxygen atoms in total. The topological polar surface area (TPSA) is 38.7 Å². The highest BCUT2D eigenvalue weighted by Crippen LogP contribution is 2.37. The maximum atomic E-state index is 12.5. The van der Waals surface area contributed by atoms with Gasteiger partial charge in [0.25, 0.3) is 0 Å². The summed E-state index contributed by atoms with van der Waals surface area (Å²) in [6.07, 6.45) is -3.29. The van der Waals surface area contributed by atoms with Gasteiger partial charge in [0.1, 0.15) is 5.69 Å². The van der Waals surface area contributed by atoms with E-state index in [1.165, 1.54) is 0 Å². The summed E-state index contributed by atoms with van der Waals surface area (Å²) in [6.45, 7) is 3.47. The molecule has 0 bridgehead atoms. The Morgan fingerprint density at radius 2 is 1.83 bits per heavy atom. The molecule has 2 aromatic rings. The Hall–Kier alpha value is -1.21. The fourth-order valence-electron chi connectivity index (χ4n) is 1.32. The molecule has 0 saturated heterocycles. The van der Waals surface area contributed by atoms with Crippen LogP contribution in [0.2, 0.25) is 5.15 Å². The van der Waals surface area contributed by atoms with Crippen molar-refractivity contribution in [2.24, 2.45) is 0 Å². The van der Waals surface area contributed by atoms with Gasteiger partial charge in [0, 0.05) is 6.20 Å². The Kier molecular flexibility index (Phi) is 3.29. The van der Waals surface area contributed by atoms with Crippen LogP contribution in [0.3, 0.4) is 0 Å². The molecule has 0 aliphatic carbocycles. The molecule has 0 radical (unpaired) electrons. The van der Waals surface area contributed by atoms with Gasteiger partial charge in [-0.25, -0.2) is 4.98 Å². The van der Waals surface area contributed by atoms with Gasteiger partial charge in [-0.3, -0.25) is 0 Å². The van der Waals surface area contributed by atoms with Crippen LogP contribution in [-0.4, -0.2) is 15.2 Å². The second kappa shape index (κ2) is 4.47. The molecule has 2 heterocycles. The molecular formula is C10H7ClF3N3S. The zero-order valence-electron chi connectivity index (χ0n) is 9.34. The van der Waals surface area contributed by atoms with Gasteiger partial charge in [-0.15, -0.1) is 21.5 Å². The normalized spacial score (nSPS) is 11.9. The molecular weight excluding hydrogens is 287 g/mol. The van der Waals surface area contributed by atoms with Crippen molar-refractivity contribution >= 4 is 22.9 Å². The summed E-state index contributed by atoms with van der Waals surface area (Å²) in [5.74, 6) is 0. The molecule has 2 aromatic heterocycles. The first-order chi connectivity index (χ1) is 8.30. The van der Waals surface area contributed by atoms with Gasteiger partial charge < -0.3 is 0 Å². The molecule has 8 heteroatoms. The highest BCUT2D eigenvalue weighted by atomic mass is 35.5. The zero-order chi connectivity index (χ0) is 13.5. The van der Waals surface area contributed by atoms with Crippen molar-refractivity contribution in [3.63, 3.8) is 0 Å². The van der Waals surface area contributed by atoms with Crippen LogP contribution in [0.4, 0.5) is 13.2 Å². The lowest BCUT2D eigenvalue weighted by Crippen LogP contribution is -2.02. The van der Waals surface area contributed by atoms with Crippen LogP contribution in [0.15, 0.2) is 6.20 Å². The minimum atomic E-state index is -4.44. The smallest absolute Gasteiger partial charge is 0.240 e. The second-order valence-electron chi connectivity index (χ2n) is 3.62. The van der Waals surface area contributed by atoms with Crippen LogP contribution in [0.25, 0.3) is 10.6 Å². The summed E-state index contributed by atoms with van der Waals surface area (Å²) in [7, 11) is 0. The summed E-state index contributed by atoms with van der Waals surface area (Å²) >= 11 is 6.33. The van der Waals surface area contributed by atoms with Crippen molar-refractivity contribution in [1.82, 2.24) is 15.2 Å². The van der Waals surface area contributed by atoms with Crippen molar-refractivity contribution in [2.75, 3.05) is 0 Å². The standard InChI is InChI=1S/C10H7ClF3N3S/c1-4-5(2)8(11)17-16-7(4)6-3-15-9(18-6)10(12,13)14/h3H,1-2H3. The fraction of sp³-hybridized carbons (Fsp3) is 0.300. The van der Waals surface area contributed by atoms with Crippen LogP contribution in [0, 0.1) is 13.8 Å². The summed E-state index contributed by atoms with van der Waals surface area (Å²) in [5.41, 5.74) is 1.78. The van der Waals surface area contributed by atoms with E-state index in [1.807, 2.05) is 0 Å². The highest BCUT2D eigenvalue weighted by Gasteiger charge is 2.35. The van der Waals surface area contributed by atoms with E-state index in [2.05, 4.69) is 15.2 Å².